The Morgan fingerprint density at radius 3 is 2.60 bits per heavy atom. The second-order valence-corrected chi connectivity index (χ2v) is 3.86. The first kappa shape index (κ1) is 12.1. The van der Waals surface area contributed by atoms with Crippen LogP contribution in [0.3, 0.4) is 0 Å². The standard InChI is InChI=1S/C13H12N6O/c1-14-11-16-12(19-9-5-8-15-19)18-13(17-11)20-10-6-3-2-4-7-10/h2-9H,1H3,(H,14,16,17,18). The highest BCUT2D eigenvalue weighted by Crippen LogP contribution is 2.18. The summed E-state index contributed by atoms with van der Waals surface area (Å²) in [6.07, 6.45) is 3.40. The molecule has 0 saturated heterocycles. The summed E-state index contributed by atoms with van der Waals surface area (Å²) in [6, 6.07) is 11.3. The number of rotatable bonds is 4. The van der Waals surface area contributed by atoms with E-state index in [0.717, 1.165) is 0 Å². The van der Waals surface area contributed by atoms with E-state index in [1.165, 1.54) is 0 Å². The molecule has 20 heavy (non-hydrogen) atoms. The van der Waals surface area contributed by atoms with Crippen molar-refractivity contribution in [3.63, 3.8) is 0 Å². The van der Waals surface area contributed by atoms with Crippen molar-refractivity contribution >= 4 is 5.95 Å². The molecule has 0 fully saturated rings. The molecule has 3 aromatic rings. The van der Waals surface area contributed by atoms with Gasteiger partial charge in [-0.1, -0.05) is 18.2 Å². The van der Waals surface area contributed by atoms with Gasteiger partial charge >= 0.3 is 6.01 Å². The number of ether oxygens (including phenoxy) is 1. The molecule has 0 aliphatic heterocycles. The van der Waals surface area contributed by atoms with Gasteiger partial charge in [0.1, 0.15) is 5.75 Å². The van der Waals surface area contributed by atoms with Crippen molar-refractivity contribution in [2.45, 2.75) is 0 Å². The van der Waals surface area contributed by atoms with Crippen molar-refractivity contribution in [1.29, 1.82) is 0 Å². The first-order chi connectivity index (χ1) is 9.85. The van der Waals surface area contributed by atoms with Crippen LogP contribution in [0.25, 0.3) is 5.95 Å². The molecule has 0 saturated carbocycles. The van der Waals surface area contributed by atoms with E-state index >= 15 is 0 Å². The number of nitrogens with zero attached hydrogens (tertiary/aromatic N) is 5. The number of benzene rings is 1. The van der Waals surface area contributed by atoms with Gasteiger partial charge in [-0.15, -0.1) is 0 Å². The molecule has 0 aliphatic carbocycles. The second-order valence-electron chi connectivity index (χ2n) is 3.86. The number of nitrogens with one attached hydrogen (secondary N) is 1. The molecule has 1 aromatic carbocycles. The normalized spacial score (nSPS) is 10.2. The minimum Gasteiger partial charge on any atom is -0.424 e. The molecular weight excluding hydrogens is 256 g/mol. The third-order valence-corrected chi connectivity index (χ3v) is 2.49. The number of hydrogen-bond donors (Lipinski definition) is 1. The fraction of sp³-hybridized carbons (Fsp3) is 0.0769. The molecule has 2 aromatic heterocycles. The lowest BCUT2D eigenvalue weighted by Gasteiger charge is -2.07. The third kappa shape index (κ3) is 2.56. The summed E-state index contributed by atoms with van der Waals surface area (Å²) in [5.74, 6) is 1.46. The van der Waals surface area contributed by atoms with Gasteiger partial charge in [0.05, 0.1) is 0 Å². The van der Waals surface area contributed by atoms with Crippen LogP contribution in [0.15, 0.2) is 48.8 Å². The van der Waals surface area contributed by atoms with Gasteiger partial charge in [0.2, 0.25) is 5.95 Å². The lowest BCUT2D eigenvalue weighted by molar-refractivity contribution is 0.438. The summed E-state index contributed by atoms with van der Waals surface area (Å²) in [4.78, 5) is 12.6. The SMILES string of the molecule is CNc1nc(Oc2ccccc2)nc(-n2cccn2)n1. The maximum Gasteiger partial charge on any atom is 0.328 e. The van der Waals surface area contributed by atoms with Crippen molar-refractivity contribution in [2.75, 3.05) is 12.4 Å². The van der Waals surface area contributed by atoms with Gasteiger partial charge in [0.15, 0.2) is 0 Å². The van der Waals surface area contributed by atoms with Crippen LogP contribution < -0.4 is 10.1 Å². The largest absolute Gasteiger partial charge is 0.424 e. The predicted molar refractivity (Wildman–Crippen MR) is 73.0 cm³/mol. The van der Waals surface area contributed by atoms with E-state index in [0.29, 0.717) is 17.6 Å². The quantitative estimate of drug-likeness (QED) is 0.778. The Morgan fingerprint density at radius 2 is 1.90 bits per heavy atom. The van der Waals surface area contributed by atoms with Gasteiger partial charge in [-0.25, -0.2) is 4.68 Å². The summed E-state index contributed by atoms with van der Waals surface area (Å²) in [6.45, 7) is 0. The molecule has 0 amide bonds. The Bertz CT molecular complexity index is 683. The monoisotopic (exact) mass is 268 g/mol. The second kappa shape index (κ2) is 5.35. The number of aromatic nitrogens is 5. The van der Waals surface area contributed by atoms with Crippen LogP contribution in [0.1, 0.15) is 0 Å². The Morgan fingerprint density at radius 1 is 1.05 bits per heavy atom. The van der Waals surface area contributed by atoms with Crippen LogP contribution in [0.2, 0.25) is 0 Å². The van der Waals surface area contributed by atoms with E-state index in [9.17, 15) is 0 Å². The Labute approximate surface area is 115 Å². The number of anilines is 1. The lowest BCUT2D eigenvalue weighted by Crippen LogP contribution is -2.08. The lowest BCUT2D eigenvalue weighted by atomic mass is 10.3. The van der Waals surface area contributed by atoms with Gasteiger partial charge in [-0.3, -0.25) is 0 Å². The van der Waals surface area contributed by atoms with E-state index in [1.807, 2.05) is 30.3 Å². The summed E-state index contributed by atoms with van der Waals surface area (Å²) < 4.78 is 7.16. The van der Waals surface area contributed by atoms with Crippen molar-refractivity contribution in [1.82, 2.24) is 24.7 Å². The van der Waals surface area contributed by atoms with E-state index in [4.69, 9.17) is 4.74 Å². The minimum absolute atomic E-state index is 0.209. The molecule has 0 atom stereocenters. The molecule has 0 radical (unpaired) electrons. The molecule has 7 heteroatoms. The first-order valence-electron chi connectivity index (χ1n) is 6.02. The van der Waals surface area contributed by atoms with E-state index in [2.05, 4.69) is 25.4 Å². The zero-order valence-electron chi connectivity index (χ0n) is 10.8. The highest BCUT2D eigenvalue weighted by Gasteiger charge is 2.09. The van der Waals surface area contributed by atoms with E-state index in [1.54, 1.807) is 30.2 Å². The molecule has 2 heterocycles. The van der Waals surface area contributed by atoms with Crippen molar-refractivity contribution in [3.8, 4) is 17.7 Å². The summed E-state index contributed by atoms with van der Waals surface area (Å²) in [5.41, 5.74) is 0. The fourth-order valence-corrected chi connectivity index (χ4v) is 1.59. The molecule has 0 unspecified atom stereocenters. The zero-order valence-corrected chi connectivity index (χ0v) is 10.8. The van der Waals surface area contributed by atoms with Crippen molar-refractivity contribution < 1.29 is 4.74 Å². The van der Waals surface area contributed by atoms with Crippen LogP contribution in [0.5, 0.6) is 11.8 Å². The summed E-state index contributed by atoms with van der Waals surface area (Å²) >= 11 is 0. The Kier molecular flexibility index (Phi) is 3.24. The third-order valence-electron chi connectivity index (χ3n) is 2.49. The molecule has 0 aliphatic rings. The molecule has 1 N–H and O–H groups in total. The number of para-hydroxylation sites is 1. The van der Waals surface area contributed by atoms with Gasteiger partial charge in [-0.2, -0.15) is 20.1 Å². The van der Waals surface area contributed by atoms with Crippen LogP contribution in [0, 0.1) is 0 Å². The van der Waals surface area contributed by atoms with Crippen LogP contribution >= 0.6 is 0 Å². The highest BCUT2D eigenvalue weighted by atomic mass is 16.5. The Hall–Kier alpha value is -2.96. The van der Waals surface area contributed by atoms with Gasteiger partial charge in [-0.05, 0) is 18.2 Å². The van der Waals surface area contributed by atoms with Crippen LogP contribution in [0.4, 0.5) is 5.95 Å². The summed E-state index contributed by atoms with van der Waals surface area (Å²) in [7, 11) is 1.73. The highest BCUT2D eigenvalue weighted by molar-refractivity contribution is 5.31. The molecule has 100 valence electrons. The van der Waals surface area contributed by atoms with Crippen molar-refractivity contribution in [3.05, 3.63) is 48.8 Å². The molecular formula is C13H12N6O. The average molecular weight is 268 g/mol. The van der Waals surface area contributed by atoms with E-state index < -0.39 is 0 Å². The molecule has 7 nitrogen and oxygen atoms in total. The maximum absolute atomic E-state index is 5.62. The van der Waals surface area contributed by atoms with Crippen molar-refractivity contribution in [2.24, 2.45) is 0 Å². The average Bonchev–Trinajstić information content (AvgIpc) is 3.02. The minimum atomic E-state index is 0.209. The van der Waals surface area contributed by atoms with E-state index in [-0.39, 0.29) is 6.01 Å². The topological polar surface area (TPSA) is 77.8 Å². The van der Waals surface area contributed by atoms with Crippen LogP contribution in [-0.4, -0.2) is 31.8 Å². The van der Waals surface area contributed by atoms with Gasteiger partial charge in [0, 0.05) is 19.4 Å². The van der Waals surface area contributed by atoms with Crippen LogP contribution in [-0.2, 0) is 0 Å². The Balaban J connectivity index is 1.96. The first-order valence-corrected chi connectivity index (χ1v) is 6.02. The summed E-state index contributed by atoms with van der Waals surface area (Å²) in [5, 5.41) is 6.96. The molecule has 3 rings (SSSR count). The smallest absolute Gasteiger partial charge is 0.328 e. The predicted octanol–water partition coefficient (Wildman–Crippen LogP) is 1.89. The fourth-order valence-electron chi connectivity index (χ4n) is 1.59. The zero-order chi connectivity index (χ0) is 13.8. The maximum atomic E-state index is 5.62. The molecule has 0 spiro atoms. The number of hydrogen-bond acceptors (Lipinski definition) is 6. The molecule has 0 bridgehead atoms. The van der Waals surface area contributed by atoms with Gasteiger partial charge in [0.25, 0.3) is 5.95 Å². The van der Waals surface area contributed by atoms with Gasteiger partial charge < -0.3 is 10.1 Å².